The van der Waals surface area contributed by atoms with Gasteiger partial charge in [-0.3, -0.25) is 14.4 Å². The Morgan fingerprint density at radius 2 is 1.88 bits per heavy atom. The molecular formula is C26H32N2O6. The summed E-state index contributed by atoms with van der Waals surface area (Å²) in [6, 6.07) is 15.8. The molecule has 0 radical (unpaired) electrons. The van der Waals surface area contributed by atoms with Gasteiger partial charge in [-0.05, 0) is 43.5 Å². The van der Waals surface area contributed by atoms with Crippen LogP contribution in [0.25, 0.3) is 0 Å². The molecule has 2 aromatic rings. The van der Waals surface area contributed by atoms with Gasteiger partial charge in [0.25, 0.3) is 5.91 Å². The van der Waals surface area contributed by atoms with Gasteiger partial charge >= 0.3 is 5.97 Å². The van der Waals surface area contributed by atoms with E-state index in [0.29, 0.717) is 50.6 Å². The summed E-state index contributed by atoms with van der Waals surface area (Å²) in [6.07, 6.45) is 1.30. The summed E-state index contributed by atoms with van der Waals surface area (Å²) >= 11 is 0. The van der Waals surface area contributed by atoms with Crippen molar-refractivity contribution in [3.05, 3.63) is 65.7 Å². The average molecular weight is 469 g/mol. The van der Waals surface area contributed by atoms with E-state index in [1.165, 1.54) is 10.5 Å². The van der Waals surface area contributed by atoms with Gasteiger partial charge in [0.05, 0.1) is 19.6 Å². The van der Waals surface area contributed by atoms with E-state index in [2.05, 4.69) is 5.32 Å². The van der Waals surface area contributed by atoms with Crippen LogP contribution in [0.5, 0.6) is 5.75 Å². The molecule has 3 rings (SSSR count). The number of esters is 1. The summed E-state index contributed by atoms with van der Waals surface area (Å²) in [4.78, 5) is 39.6. The number of amides is 2. The molecule has 182 valence electrons. The highest BCUT2D eigenvalue weighted by Gasteiger charge is 2.35. The second-order valence-electron chi connectivity index (χ2n) is 7.89. The zero-order valence-electron chi connectivity index (χ0n) is 19.5. The third-order valence-corrected chi connectivity index (χ3v) is 5.45. The number of rotatable bonds is 12. The van der Waals surface area contributed by atoms with Crippen LogP contribution in [0.4, 0.5) is 0 Å². The summed E-state index contributed by atoms with van der Waals surface area (Å²) < 4.78 is 16.2. The fraction of sp³-hybridized carbons (Fsp3) is 0.423. The predicted molar refractivity (Wildman–Crippen MR) is 127 cm³/mol. The van der Waals surface area contributed by atoms with Gasteiger partial charge in [-0.2, -0.15) is 0 Å². The van der Waals surface area contributed by atoms with Crippen LogP contribution in [0.2, 0.25) is 0 Å². The molecule has 0 saturated carbocycles. The lowest BCUT2D eigenvalue weighted by Crippen LogP contribution is -2.57. The first-order chi connectivity index (χ1) is 16.6. The van der Waals surface area contributed by atoms with Gasteiger partial charge in [0.15, 0.2) is 0 Å². The third-order valence-electron chi connectivity index (χ3n) is 5.45. The molecule has 1 unspecified atom stereocenters. The molecule has 1 aliphatic rings. The van der Waals surface area contributed by atoms with Crippen LogP contribution in [0.15, 0.2) is 54.6 Å². The Hall–Kier alpha value is -3.39. The molecular weight excluding hydrogens is 436 g/mol. The number of carbonyl (C=O) groups is 3. The van der Waals surface area contributed by atoms with Crippen LogP contribution in [0.3, 0.4) is 0 Å². The van der Waals surface area contributed by atoms with Gasteiger partial charge in [-0.1, -0.05) is 36.4 Å². The number of benzene rings is 2. The summed E-state index contributed by atoms with van der Waals surface area (Å²) in [6.45, 7) is 4.24. The minimum Gasteiger partial charge on any atom is -0.491 e. The fourth-order valence-electron chi connectivity index (χ4n) is 3.73. The lowest BCUT2D eigenvalue weighted by Gasteiger charge is -2.34. The summed E-state index contributed by atoms with van der Waals surface area (Å²) in [5.74, 6) is -0.640. The molecule has 1 heterocycles. The summed E-state index contributed by atoms with van der Waals surface area (Å²) in [5, 5.41) is 2.73. The summed E-state index contributed by atoms with van der Waals surface area (Å²) in [5.41, 5.74) is 1.57. The standard InChI is InChI=1S/C26H32N2O6/c1-2-32-16-17-33-22-12-6-11-21(18-22)26(31)28-14-13-27-25(30)23(28)19-24(29)34-15-7-10-20-8-4-3-5-9-20/h3-6,8-9,11-12,18,23H,2,7,10,13-17,19H2,1H3,(H,27,30). The fourth-order valence-corrected chi connectivity index (χ4v) is 3.73. The number of carbonyl (C=O) groups excluding carboxylic acids is 3. The Bertz CT molecular complexity index is 949. The minimum atomic E-state index is -0.912. The van der Waals surface area contributed by atoms with Crippen molar-refractivity contribution < 1.29 is 28.6 Å². The number of aryl methyl sites for hydroxylation is 1. The first kappa shape index (κ1) is 25.2. The molecule has 2 aromatic carbocycles. The maximum absolute atomic E-state index is 13.2. The van der Waals surface area contributed by atoms with Gasteiger partial charge in [0, 0.05) is 25.3 Å². The lowest BCUT2D eigenvalue weighted by molar-refractivity contribution is -0.147. The van der Waals surface area contributed by atoms with Crippen molar-refractivity contribution >= 4 is 17.8 Å². The van der Waals surface area contributed by atoms with Crippen LogP contribution in [0.1, 0.15) is 35.7 Å². The van der Waals surface area contributed by atoms with Crippen LogP contribution >= 0.6 is 0 Å². The van der Waals surface area contributed by atoms with Gasteiger partial charge in [-0.15, -0.1) is 0 Å². The van der Waals surface area contributed by atoms with Crippen LogP contribution in [-0.4, -0.2) is 68.2 Å². The van der Waals surface area contributed by atoms with Crippen molar-refractivity contribution in [1.29, 1.82) is 0 Å². The highest BCUT2D eigenvalue weighted by Crippen LogP contribution is 2.19. The van der Waals surface area contributed by atoms with Crippen molar-refractivity contribution in [2.75, 3.05) is 39.5 Å². The monoisotopic (exact) mass is 468 g/mol. The molecule has 1 saturated heterocycles. The van der Waals surface area contributed by atoms with E-state index in [0.717, 1.165) is 6.42 Å². The van der Waals surface area contributed by atoms with Crippen LogP contribution in [0, 0.1) is 0 Å². The Morgan fingerprint density at radius 3 is 2.68 bits per heavy atom. The van der Waals surface area contributed by atoms with Crippen molar-refractivity contribution in [2.24, 2.45) is 0 Å². The van der Waals surface area contributed by atoms with Gasteiger partial charge < -0.3 is 24.4 Å². The van der Waals surface area contributed by atoms with Gasteiger partial charge in [0.2, 0.25) is 5.91 Å². The zero-order valence-corrected chi connectivity index (χ0v) is 19.5. The molecule has 34 heavy (non-hydrogen) atoms. The molecule has 1 aliphatic heterocycles. The maximum Gasteiger partial charge on any atom is 0.308 e. The Morgan fingerprint density at radius 1 is 1.06 bits per heavy atom. The zero-order chi connectivity index (χ0) is 24.2. The van der Waals surface area contributed by atoms with E-state index in [1.807, 2.05) is 37.3 Å². The number of piperazine rings is 1. The van der Waals surface area contributed by atoms with Crippen molar-refractivity contribution in [3.8, 4) is 5.75 Å². The molecule has 0 spiro atoms. The smallest absolute Gasteiger partial charge is 0.308 e. The van der Waals surface area contributed by atoms with E-state index >= 15 is 0 Å². The van der Waals surface area contributed by atoms with Gasteiger partial charge in [-0.25, -0.2) is 0 Å². The Labute approximate surface area is 200 Å². The quantitative estimate of drug-likeness (QED) is 0.380. The third kappa shape index (κ3) is 7.59. The average Bonchev–Trinajstić information content (AvgIpc) is 2.86. The topological polar surface area (TPSA) is 94.2 Å². The highest BCUT2D eigenvalue weighted by molar-refractivity contribution is 5.99. The van der Waals surface area contributed by atoms with Crippen LogP contribution < -0.4 is 10.1 Å². The molecule has 0 aromatic heterocycles. The second-order valence-corrected chi connectivity index (χ2v) is 7.89. The predicted octanol–water partition coefficient (Wildman–Crippen LogP) is 2.61. The maximum atomic E-state index is 13.2. The Kier molecular flexibility index (Phi) is 9.91. The van der Waals surface area contributed by atoms with Crippen molar-refractivity contribution in [2.45, 2.75) is 32.2 Å². The number of nitrogens with zero attached hydrogens (tertiary/aromatic N) is 1. The molecule has 0 bridgehead atoms. The number of ether oxygens (including phenoxy) is 3. The van der Waals surface area contributed by atoms with Crippen LogP contribution in [-0.2, 0) is 25.5 Å². The van der Waals surface area contributed by atoms with Crippen molar-refractivity contribution in [1.82, 2.24) is 10.2 Å². The second kappa shape index (κ2) is 13.3. The molecule has 2 amide bonds. The van der Waals surface area contributed by atoms with E-state index in [1.54, 1.807) is 24.3 Å². The van der Waals surface area contributed by atoms with E-state index in [-0.39, 0.29) is 24.8 Å². The van der Waals surface area contributed by atoms with Gasteiger partial charge in [0.1, 0.15) is 18.4 Å². The molecule has 0 aliphatic carbocycles. The highest BCUT2D eigenvalue weighted by atomic mass is 16.5. The van der Waals surface area contributed by atoms with E-state index < -0.39 is 12.0 Å². The molecule has 1 fully saturated rings. The minimum absolute atomic E-state index is 0.187. The molecule has 1 atom stereocenters. The first-order valence-electron chi connectivity index (χ1n) is 11.7. The molecule has 8 nitrogen and oxygen atoms in total. The lowest BCUT2D eigenvalue weighted by atomic mass is 10.1. The Balaban J connectivity index is 1.55. The van der Waals surface area contributed by atoms with Crippen molar-refractivity contribution in [3.63, 3.8) is 0 Å². The molecule has 8 heteroatoms. The van der Waals surface area contributed by atoms with E-state index in [9.17, 15) is 14.4 Å². The molecule has 1 N–H and O–H groups in total. The first-order valence-corrected chi connectivity index (χ1v) is 11.7. The number of nitrogens with one attached hydrogen (secondary N) is 1. The number of hydrogen-bond donors (Lipinski definition) is 1. The largest absolute Gasteiger partial charge is 0.491 e. The SMILES string of the molecule is CCOCCOc1cccc(C(=O)N2CCNC(=O)C2CC(=O)OCCCc2ccccc2)c1. The number of hydrogen-bond acceptors (Lipinski definition) is 6. The van der Waals surface area contributed by atoms with E-state index in [4.69, 9.17) is 14.2 Å². The summed E-state index contributed by atoms with van der Waals surface area (Å²) in [7, 11) is 0. The normalized spacial score (nSPS) is 15.5.